The first kappa shape index (κ1) is 14.5. The van der Waals surface area contributed by atoms with Crippen molar-refractivity contribution in [2.24, 2.45) is 5.73 Å². The highest BCUT2D eigenvalue weighted by atomic mass is 16.3. The van der Waals surface area contributed by atoms with Crippen molar-refractivity contribution >= 4 is 11.8 Å². The lowest BCUT2D eigenvalue weighted by Crippen LogP contribution is -2.31. The lowest BCUT2D eigenvalue weighted by molar-refractivity contribution is 0.170. The molecular weight excluding hydrogens is 268 g/mol. The molecule has 1 aromatic rings. The van der Waals surface area contributed by atoms with Gasteiger partial charge in [0.1, 0.15) is 5.82 Å². The summed E-state index contributed by atoms with van der Waals surface area (Å²) >= 11 is 0. The Bertz CT molecular complexity index is 463. The van der Waals surface area contributed by atoms with E-state index in [-0.39, 0.29) is 12.1 Å². The number of aliphatic hydroxyl groups excluding tert-OH is 1. The quantitative estimate of drug-likeness (QED) is 0.598. The van der Waals surface area contributed by atoms with E-state index < -0.39 is 6.10 Å². The molecule has 0 bridgehead atoms. The first-order valence-electron chi connectivity index (χ1n) is 7.71. The molecule has 2 aliphatic rings. The van der Waals surface area contributed by atoms with Crippen molar-refractivity contribution in [3.8, 4) is 0 Å². The number of hydrogen-bond acceptors (Lipinski definition) is 7. The summed E-state index contributed by atoms with van der Waals surface area (Å²) in [5.74, 6) is 1.51. The molecule has 5 N–H and O–H groups in total. The summed E-state index contributed by atoms with van der Waals surface area (Å²) in [5, 5.41) is 16.6. The second kappa shape index (κ2) is 6.55. The third-order valence-electron chi connectivity index (χ3n) is 4.18. The van der Waals surface area contributed by atoms with Crippen LogP contribution in [0.5, 0.6) is 0 Å². The predicted molar refractivity (Wildman–Crippen MR) is 82.4 cm³/mol. The average molecular weight is 292 g/mol. The SMILES string of the molecule is N[C@H]1C[C@H](Nc2nccc(N3CCCNCC3)n2)[C@@H](O)C1. The molecule has 1 aliphatic heterocycles. The number of nitrogens with one attached hydrogen (secondary N) is 2. The Kier molecular flexibility index (Phi) is 4.52. The molecule has 0 unspecified atom stereocenters. The zero-order chi connectivity index (χ0) is 14.7. The molecule has 1 aromatic heterocycles. The van der Waals surface area contributed by atoms with Gasteiger partial charge in [0.2, 0.25) is 5.95 Å². The van der Waals surface area contributed by atoms with Crippen molar-refractivity contribution in [3.63, 3.8) is 0 Å². The molecule has 2 fully saturated rings. The normalized spacial score (nSPS) is 30.2. The van der Waals surface area contributed by atoms with Crippen LogP contribution in [0, 0.1) is 0 Å². The van der Waals surface area contributed by atoms with Crippen LogP contribution in [0.3, 0.4) is 0 Å². The van der Waals surface area contributed by atoms with Gasteiger partial charge in [0, 0.05) is 31.9 Å². The summed E-state index contributed by atoms with van der Waals surface area (Å²) in [6.45, 7) is 3.98. The minimum Gasteiger partial charge on any atom is -0.391 e. The summed E-state index contributed by atoms with van der Waals surface area (Å²) in [6, 6.07) is 1.94. The molecule has 3 rings (SSSR count). The Labute approximate surface area is 125 Å². The van der Waals surface area contributed by atoms with E-state index in [1.165, 1.54) is 0 Å². The van der Waals surface area contributed by atoms with E-state index in [1.807, 2.05) is 6.07 Å². The molecule has 1 aliphatic carbocycles. The highest BCUT2D eigenvalue weighted by Gasteiger charge is 2.31. The summed E-state index contributed by atoms with van der Waals surface area (Å²) in [7, 11) is 0. The van der Waals surface area contributed by atoms with Crippen molar-refractivity contribution in [1.82, 2.24) is 15.3 Å². The van der Waals surface area contributed by atoms with Crippen LogP contribution < -0.4 is 21.3 Å². The molecule has 116 valence electrons. The van der Waals surface area contributed by atoms with Crippen LogP contribution in [0.1, 0.15) is 19.3 Å². The van der Waals surface area contributed by atoms with Crippen molar-refractivity contribution in [3.05, 3.63) is 12.3 Å². The Hall–Kier alpha value is -1.44. The van der Waals surface area contributed by atoms with E-state index >= 15 is 0 Å². The molecule has 1 saturated carbocycles. The molecule has 7 nitrogen and oxygen atoms in total. The van der Waals surface area contributed by atoms with Gasteiger partial charge in [-0.05, 0) is 31.9 Å². The van der Waals surface area contributed by atoms with E-state index in [0.29, 0.717) is 12.4 Å². The molecule has 21 heavy (non-hydrogen) atoms. The Morgan fingerprint density at radius 1 is 1.33 bits per heavy atom. The Morgan fingerprint density at radius 3 is 3.05 bits per heavy atom. The molecule has 0 amide bonds. The van der Waals surface area contributed by atoms with Crippen LogP contribution in [0.15, 0.2) is 12.3 Å². The van der Waals surface area contributed by atoms with Crippen molar-refractivity contribution < 1.29 is 5.11 Å². The standard InChI is InChI=1S/C14H24N6O/c15-10-8-11(12(21)9-10)18-14-17-4-2-13(19-14)20-6-1-3-16-5-7-20/h2,4,10-12,16,21H,1,3,5-9,15H2,(H,17,18,19)/t10-,11-,12-/m0/s1. The Morgan fingerprint density at radius 2 is 2.24 bits per heavy atom. The number of nitrogens with two attached hydrogens (primary N) is 1. The smallest absolute Gasteiger partial charge is 0.224 e. The molecular formula is C14H24N6O. The number of nitrogens with zero attached hydrogens (tertiary/aromatic N) is 3. The van der Waals surface area contributed by atoms with Crippen LogP contribution in [0.4, 0.5) is 11.8 Å². The maximum absolute atomic E-state index is 9.96. The average Bonchev–Trinajstić information content (AvgIpc) is 2.70. The second-order valence-corrected chi connectivity index (χ2v) is 5.88. The summed E-state index contributed by atoms with van der Waals surface area (Å²) in [6.07, 6.45) is 3.85. The fraction of sp³-hybridized carbons (Fsp3) is 0.714. The van der Waals surface area contributed by atoms with Crippen molar-refractivity contribution in [1.29, 1.82) is 0 Å². The van der Waals surface area contributed by atoms with Crippen molar-refractivity contribution in [2.75, 3.05) is 36.4 Å². The maximum Gasteiger partial charge on any atom is 0.224 e. The van der Waals surface area contributed by atoms with Gasteiger partial charge in [0.25, 0.3) is 0 Å². The first-order valence-corrected chi connectivity index (χ1v) is 7.71. The number of rotatable bonds is 3. The molecule has 0 radical (unpaired) electrons. The number of hydrogen-bond donors (Lipinski definition) is 4. The highest BCUT2D eigenvalue weighted by molar-refractivity contribution is 5.43. The Balaban J connectivity index is 1.68. The van der Waals surface area contributed by atoms with Crippen LogP contribution >= 0.6 is 0 Å². The molecule has 1 saturated heterocycles. The van der Waals surface area contributed by atoms with Gasteiger partial charge in [0.15, 0.2) is 0 Å². The molecule has 7 heteroatoms. The minimum absolute atomic E-state index is 0.0531. The monoisotopic (exact) mass is 292 g/mol. The molecule has 3 atom stereocenters. The van der Waals surface area contributed by atoms with E-state index in [4.69, 9.17) is 5.73 Å². The second-order valence-electron chi connectivity index (χ2n) is 5.88. The zero-order valence-corrected chi connectivity index (χ0v) is 12.2. The number of aromatic nitrogens is 2. The molecule has 2 heterocycles. The van der Waals surface area contributed by atoms with E-state index in [9.17, 15) is 5.11 Å². The lowest BCUT2D eigenvalue weighted by Gasteiger charge is -2.22. The van der Waals surface area contributed by atoms with Crippen LogP contribution in [-0.4, -0.2) is 59.4 Å². The fourth-order valence-corrected chi connectivity index (χ4v) is 3.04. The largest absolute Gasteiger partial charge is 0.391 e. The van der Waals surface area contributed by atoms with E-state index in [2.05, 4.69) is 25.5 Å². The third kappa shape index (κ3) is 3.61. The summed E-state index contributed by atoms with van der Waals surface area (Å²) in [5.41, 5.74) is 5.88. The summed E-state index contributed by atoms with van der Waals surface area (Å²) < 4.78 is 0. The van der Waals surface area contributed by atoms with E-state index in [1.54, 1.807) is 6.20 Å². The van der Waals surface area contributed by atoms with Gasteiger partial charge in [0.05, 0.1) is 12.1 Å². The van der Waals surface area contributed by atoms with Gasteiger partial charge >= 0.3 is 0 Å². The molecule has 0 spiro atoms. The van der Waals surface area contributed by atoms with Gasteiger partial charge in [-0.2, -0.15) is 4.98 Å². The zero-order valence-electron chi connectivity index (χ0n) is 12.2. The third-order valence-corrected chi connectivity index (χ3v) is 4.18. The van der Waals surface area contributed by atoms with E-state index in [0.717, 1.165) is 44.8 Å². The highest BCUT2D eigenvalue weighted by Crippen LogP contribution is 2.22. The first-order chi connectivity index (χ1) is 10.2. The molecule has 0 aromatic carbocycles. The lowest BCUT2D eigenvalue weighted by atomic mass is 10.2. The van der Waals surface area contributed by atoms with Gasteiger partial charge < -0.3 is 26.4 Å². The van der Waals surface area contributed by atoms with Crippen LogP contribution in [0.25, 0.3) is 0 Å². The maximum atomic E-state index is 9.96. The fourth-order valence-electron chi connectivity index (χ4n) is 3.04. The number of aliphatic hydroxyl groups is 1. The number of anilines is 2. The van der Waals surface area contributed by atoms with Crippen LogP contribution in [-0.2, 0) is 0 Å². The minimum atomic E-state index is -0.422. The van der Waals surface area contributed by atoms with Gasteiger partial charge in [-0.25, -0.2) is 4.98 Å². The van der Waals surface area contributed by atoms with Gasteiger partial charge in [-0.15, -0.1) is 0 Å². The van der Waals surface area contributed by atoms with Crippen LogP contribution in [0.2, 0.25) is 0 Å². The summed E-state index contributed by atoms with van der Waals surface area (Å²) in [4.78, 5) is 11.1. The van der Waals surface area contributed by atoms with Crippen molar-refractivity contribution in [2.45, 2.75) is 37.5 Å². The van der Waals surface area contributed by atoms with Gasteiger partial charge in [-0.1, -0.05) is 0 Å². The predicted octanol–water partition coefficient (Wildman–Crippen LogP) is -0.461. The topological polar surface area (TPSA) is 99.3 Å². The van der Waals surface area contributed by atoms with Gasteiger partial charge in [-0.3, -0.25) is 0 Å².